The summed E-state index contributed by atoms with van der Waals surface area (Å²) in [6.45, 7) is 30.1. The fourth-order valence-electron chi connectivity index (χ4n) is 5.63. The first-order chi connectivity index (χ1) is 21.7. The van der Waals surface area contributed by atoms with Crippen molar-refractivity contribution in [2.45, 2.75) is 132 Å². The number of pyridine rings is 1. The van der Waals surface area contributed by atoms with Crippen LogP contribution in [-0.2, 0) is 0 Å². The molecule has 0 aliphatic rings. The van der Waals surface area contributed by atoms with Crippen molar-refractivity contribution >= 4 is 21.5 Å². The standard InChI is InChI=1S/C14H18N2.C13H17N3.C12H20N2/c1-9(2)13-11-7-5-6-8-12(11)14(10(3)4)16-15-13;1-8(2)12-10-5-6-14-7-11(10)13(9(3)4)16-15-12;1-7(2)11-9(5)10(6)12(8(3)4)14-13-11/h5-10H,1-4H3;5-9H,1-4H3;7-8H,1-6H3. The van der Waals surface area contributed by atoms with E-state index in [0.29, 0.717) is 35.5 Å². The molecule has 4 aromatic heterocycles. The summed E-state index contributed by atoms with van der Waals surface area (Å²) >= 11 is 0. The monoisotopic (exact) mass is 621 g/mol. The van der Waals surface area contributed by atoms with Crippen LogP contribution in [0.3, 0.4) is 0 Å². The maximum Gasteiger partial charge on any atom is 0.0750 e. The second kappa shape index (κ2) is 16.1. The van der Waals surface area contributed by atoms with E-state index in [9.17, 15) is 0 Å². The van der Waals surface area contributed by atoms with Crippen molar-refractivity contribution in [3.63, 3.8) is 0 Å². The molecule has 5 rings (SSSR count). The average molecular weight is 622 g/mol. The summed E-state index contributed by atoms with van der Waals surface area (Å²) in [6.07, 6.45) is 3.71. The smallest absolute Gasteiger partial charge is 0.0750 e. The van der Waals surface area contributed by atoms with E-state index < -0.39 is 0 Å². The second-order valence-corrected chi connectivity index (χ2v) is 14.1. The maximum absolute atomic E-state index is 4.38. The summed E-state index contributed by atoms with van der Waals surface area (Å²) in [7, 11) is 0. The van der Waals surface area contributed by atoms with Crippen LogP contribution in [0.15, 0.2) is 42.7 Å². The molecule has 0 amide bonds. The number of hydrogen-bond donors (Lipinski definition) is 0. The van der Waals surface area contributed by atoms with Gasteiger partial charge in [-0.2, -0.15) is 30.6 Å². The van der Waals surface area contributed by atoms with Crippen LogP contribution in [0, 0.1) is 13.8 Å². The van der Waals surface area contributed by atoms with E-state index in [-0.39, 0.29) is 0 Å². The molecule has 0 fully saturated rings. The Hall–Kier alpha value is -3.87. The summed E-state index contributed by atoms with van der Waals surface area (Å²) in [4.78, 5) is 4.19. The maximum atomic E-state index is 4.38. The fraction of sp³-hybridized carbons (Fsp3) is 0.513. The highest BCUT2D eigenvalue weighted by Gasteiger charge is 2.16. The van der Waals surface area contributed by atoms with Crippen LogP contribution in [0.25, 0.3) is 21.5 Å². The number of benzene rings is 1. The molecule has 7 nitrogen and oxygen atoms in total. The van der Waals surface area contributed by atoms with Gasteiger partial charge in [-0.1, -0.05) is 107 Å². The van der Waals surface area contributed by atoms with Crippen LogP contribution >= 0.6 is 0 Å². The minimum Gasteiger partial charge on any atom is -0.264 e. The minimum absolute atomic E-state index is 0.375. The van der Waals surface area contributed by atoms with Crippen LogP contribution in [0.4, 0.5) is 0 Å². The van der Waals surface area contributed by atoms with Crippen LogP contribution in [-0.4, -0.2) is 35.6 Å². The molecule has 0 spiro atoms. The SMILES string of the molecule is CC(C)c1nnc(C(C)C)c2ccccc12.CC(C)c1nnc(C(C)C)c2cnccc12.Cc1c(C(C)C)nnc(C(C)C)c1C. The van der Waals surface area contributed by atoms with Gasteiger partial charge in [0, 0.05) is 33.9 Å². The second-order valence-electron chi connectivity index (χ2n) is 14.1. The Labute approximate surface area is 277 Å². The van der Waals surface area contributed by atoms with Crippen molar-refractivity contribution < 1.29 is 0 Å². The van der Waals surface area contributed by atoms with Crippen LogP contribution in [0.5, 0.6) is 0 Å². The summed E-state index contributed by atoms with van der Waals surface area (Å²) in [5.74, 6) is 2.51. The lowest BCUT2D eigenvalue weighted by Crippen LogP contribution is -2.07. The van der Waals surface area contributed by atoms with Crippen molar-refractivity contribution in [2.75, 3.05) is 0 Å². The summed E-state index contributed by atoms with van der Waals surface area (Å²) in [5, 5.41) is 30.9. The van der Waals surface area contributed by atoms with Crippen LogP contribution in [0.1, 0.15) is 164 Å². The van der Waals surface area contributed by atoms with Gasteiger partial charge in [0.05, 0.1) is 34.2 Å². The third kappa shape index (κ3) is 8.48. The van der Waals surface area contributed by atoms with E-state index in [0.717, 1.165) is 39.5 Å². The predicted octanol–water partition coefficient (Wildman–Crippen LogP) is 10.5. The minimum atomic E-state index is 0.375. The van der Waals surface area contributed by atoms with Gasteiger partial charge in [-0.3, -0.25) is 4.98 Å². The number of aromatic nitrogens is 7. The molecule has 0 atom stereocenters. The molecule has 4 heterocycles. The van der Waals surface area contributed by atoms with Crippen molar-refractivity contribution in [2.24, 2.45) is 0 Å². The van der Waals surface area contributed by atoms with Gasteiger partial charge in [0.15, 0.2) is 0 Å². The first kappa shape index (κ1) is 36.6. The quantitative estimate of drug-likeness (QED) is 0.186. The Bertz CT molecular complexity index is 1520. The number of rotatable bonds is 6. The van der Waals surface area contributed by atoms with Gasteiger partial charge in [-0.05, 0) is 66.5 Å². The lowest BCUT2D eigenvalue weighted by Gasteiger charge is -2.14. The molecule has 0 saturated carbocycles. The highest BCUT2D eigenvalue weighted by Crippen LogP contribution is 2.29. The van der Waals surface area contributed by atoms with Crippen molar-refractivity contribution in [3.8, 4) is 0 Å². The van der Waals surface area contributed by atoms with Gasteiger partial charge in [0.25, 0.3) is 0 Å². The zero-order chi connectivity index (χ0) is 34.3. The molecule has 0 N–H and O–H groups in total. The molecule has 0 radical (unpaired) electrons. The molecule has 0 unspecified atom stereocenters. The lowest BCUT2D eigenvalue weighted by atomic mass is 9.97. The topological polar surface area (TPSA) is 90.2 Å². The largest absolute Gasteiger partial charge is 0.264 e. The van der Waals surface area contributed by atoms with E-state index in [1.54, 1.807) is 0 Å². The van der Waals surface area contributed by atoms with Crippen molar-refractivity contribution in [1.82, 2.24) is 35.6 Å². The molecule has 0 aliphatic heterocycles. The molecule has 5 aromatic rings. The normalized spacial score (nSPS) is 11.6. The van der Waals surface area contributed by atoms with E-state index >= 15 is 0 Å². The third-order valence-electron chi connectivity index (χ3n) is 8.26. The third-order valence-corrected chi connectivity index (χ3v) is 8.26. The van der Waals surface area contributed by atoms with Gasteiger partial charge in [-0.25, -0.2) is 0 Å². The summed E-state index contributed by atoms with van der Waals surface area (Å²) < 4.78 is 0. The first-order valence-electron chi connectivity index (χ1n) is 16.9. The Balaban J connectivity index is 0.000000188. The van der Waals surface area contributed by atoms with E-state index in [1.165, 1.54) is 27.3 Å². The molecular formula is C39H55N7. The lowest BCUT2D eigenvalue weighted by molar-refractivity contribution is 0.714. The van der Waals surface area contributed by atoms with E-state index in [1.807, 2.05) is 18.5 Å². The molecule has 0 saturated heterocycles. The van der Waals surface area contributed by atoms with E-state index in [2.05, 4.69) is 157 Å². The van der Waals surface area contributed by atoms with Gasteiger partial charge in [0.1, 0.15) is 0 Å². The number of fused-ring (bicyclic) bond motifs is 2. The number of hydrogen-bond acceptors (Lipinski definition) is 7. The highest BCUT2D eigenvalue weighted by atomic mass is 15.1. The molecule has 0 bridgehead atoms. The summed E-state index contributed by atoms with van der Waals surface area (Å²) in [5.41, 5.74) is 9.16. The molecule has 246 valence electrons. The molecule has 1 aromatic carbocycles. The molecule has 7 heteroatoms. The Kier molecular flexibility index (Phi) is 12.8. The Morgan fingerprint density at radius 3 is 0.978 bits per heavy atom. The average Bonchev–Trinajstić information content (AvgIpc) is 3.01. The van der Waals surface area contributed by atoms with Gasteiger partial charge < -0.3 is 0 Å². The van der Waals surface area contributed by atoms with Gasteiger partial charge in [-0.15, -0.1) is 0 Å². The zero-order valence-electron chi connectivity index (χ0n) is 30.6. The molecular weight excluding hydrogens is 566 g/mol. The zero-order valence-corrected chi connectivity index (χ0v) is 30.6. The van der Waals surface area contributed by atoms with Crippen LogP contribution < -0.4 is 0 Å². The Morgan fingerprint density at radius 2 is 0.652 bits per heavy atom. The first-order valence-corrected chi connectivity index (χ1v) is 16.9. The molecule has 46 heavy (non-hydrogen) atoms. The summed E-state index contributed by atoms with van der Waals surface area (Å²) in [6, 6.07) is 10.5. The van der Waals surface area contributed by atoms with Crippen molar-refractivity contribution in [3.05, 3.63) is 88.0 Å². The number of nitrogens with zero attached hydrogens (tertiary/aromatic N) is 7. The fourth-order valence-corrected chi connectivity index (χ4v) is 5.63. The van der Waals surface area contributed by atoms with Gasteiger partial charge in [0.2, 0.25) is 0 Å². The predicted molar refractivity (Wildman–Crippen MR) is 193 cm³/mol. The van der Waals surface area contributed by atoms with Crippen LogP contribution in [0.2, 0.25) is 0 Å². The van der Waals surface area contributed by atoms with Crippen molar-refractivity contribution in [1.29, 1.82) is 0 Å². The molecule has 0 aliphatic carbocycles. The Morgan fingerprint density at radius 1 is 0.370 bits per heavy atom. The van der Waals surface area contributed by atoms with Gasteiger partial charge >= 0.3 is 0 Å². The highest BCUT2D eigenvalue weighted by molar-refractivity contribution is 5.87. The van der Waals surface area contributed by atoms with E-state index in [4.69, 9.17) is 0 Å².